The third-order valence-electron chi connectivity index (χ3n) is 3.97. The Bertz CT molecular complexity index is 462. The van der Waals surface area contributed by atoms with Crippen LogP contribution in [0.25, 0.3) is 0 Å². The number of rotatable bonds is 3. The van der Waals surface area contributed by atoms with Crippen LogP contribution in [0.2, 0.25) is 0 Å². The van der Waals surface area contributed by atoms with Crippen molar-refractivity contribution in [2.24, 2.45) is 18.0 Å². The van der Waals surface area contributed by atoms with E-state index in [-0.39, 0.29) is 24.0 Å². The van der Waals surface area contributed by atoms with Crippen LogP contribution in [-0.2, 0) is 13.6 Å². The number of nitrogens with zero attached hydrogens (tertiary/aromatic N) is 5. The predicted molar refractivity (Wildman–Crippen MR) is 95.9 cm³/mol. The highest BCUT2D eigenvalue weighted by atomic mass is 127. The smallest absolute Gasteiger partial charge is 0.194 e. The van der Waals surface area contributed by atoms with Crippen molar-refractivity contribution in [2.45, 2.75) is 40.2 Å². The van der Waals surface area contributed by atoms with Gasteiger partial charge in [0.25, 0.3) is 0 Å². The summed E-state index contributed by atoms with van der Waals surface area (Å²) in [4.78, 5) is 7.07. The van der Waals surface area contributed by atoms with Gasteiger partial charge in [-0.25, -0.2) is 4.99 Å². The van der Waals surface area contributed by atoms with E-state index < -0.39 is 0 Å². The number of aromatic nitrogens is 3. The lowest BCUT2D eigenvalue weighted by Gasteiger charge is -2.32. The molecule has 0 saturated carbocycles. The quantitative estimate of drug-likeness (QED) is 0.474. The summed E-state index contributed by atoms with van der Waals surface area (Å²) in [5, 5.41) is 11.6. The molecule has 1 aliphatic heterocycles. The molecule has 0 radical (unpaired) electrons. The topological polar surface area (TPSA) is 58.3 Å². The maximum absolute atomic E-state index is 4.71. The van der Waals surface area contributed by atoms with Gasteiger partial charge < -0.3 is 14.8 Å². The molecule has 1 aliphatic rings. The van der Waals surface area contributed by atoms with Crippen LogP contribution < -0.4 is 5.32 Å². The zero-order chi connectivity index (χ0) is 14.5. The largest absolute Gasteiger partial charge is 0.357 e. The Labute approximate surface area is 144 Å². The Hall–Kier alpha value is -0.860. The second-order valence-corrected chi connectivity index (χ2v) is 5.56. The molecule has 0 aliphatic carbocycles. The van der Waals surface area contributed by atoms with Gasteiger partial charge in [-0.15, -0.1) is 34.2 Å². The summed E-state index contributed by atoms with van der Waals surface area (Å²) in [6.07, 6.45) is 2.49. The zero-order valence-corrected chi connectivity index (χ0v) is 15.8. The first-order valence-corrected chi connectivity index (χ1v) is 7.50. The molecule has 0 amide bonds. The number of piperidine rings is 1. The molecule has 6 nitrogen and oxygen atoms in total. The Morgan fingerprint density at radius 2 is 2.00 bits per heavy atom. The van der Waals surface area contributed by atoms with E-state index in [1.807, 2.05) is 18.5 Å². The van der Waals surface area contributed by atoms with Crippen molar-refractivity contribution >= 4 is 29.9 Å². The number of hydrogen-bond acceptors (Lipinski definition) is 3. The summed E-state index contributed by atoms with van der Waals surface area (Å²) < 4.78 is 1.99. The number of aryl methyl sites for hydroxylation is 1. The van der Waals surface area contributed by atoms with Crippen molar-refractivity contribution in [1.29, 1.82) is 0 Å². The van der Waals surface area contributed by atoms with Gasteiger partial charge >= 0.3 is 0 Å². The first-order chi connectivity index (χ1) is 9.61. The molecule has 21 heavy (non-hydrogen) atoms. The SMILES string of the molecule is CCNC(=NCc1nnc(C)n1C)N1CCC(C)CC1.I. The van der Waals surface area contributed by atoms with E-state index in [1.165, 1.54) is 12.8 Å². The zero-order valence-electron chi connectivity index (χ0n) is 13.5. The molecule has 0 atom stereocenters. The Balaban J connectivity index is 0.00000220. The van der Waals surface area contributed by atoms with Gasteiger partial charge in [-0.3, -0.25) is 0 Å². The van der Waals surface area contributed by atoms with Crippen molar-refractivity contribution in [3.05, 3.63) is 11.6 Å². The van der Waals surface area contributed by atoms with Gasteiger partial charge in [0.05, 0.1) is 0 Å². The lowest BCUT2D eigenvalue weighted by Crippen LogP contribution is -2.45. The van der Waals surface area contributed by atoms with Gasteiger partial charge in [0.15, 0.2) is 11.8 Å². The molecule has 2 heterocycles. The Kier molecular flexibility index (Phi) is 7.41. The Morgan fingerprint density at radius 1 is 1.33 bits per heavy atom. The van der Waals surface area contributed by atoms with Crippen molar-refractivity contribution in [3.63, 3.8) is 0 Å². The highest BCUT2D eigenvalue weighted by Crippen LogP contribution is 2.16. The Morgan fingerprint density at radius 3 is 2.52 bits per heavy atom. The lowest BCUT2D eigenvalue weighted by molar-refractivity contribution is 0.273. The van der Waals surface area contributed by atoms with E-state index in [4.69, 9.17) is 4.99 Å². The first-order valence-electron chi connectivity index (χ1n) is 7.50. The normalized spacial score (nSPS) is 16.8. The average Bonchev–Trinajstić information content (AvgIpc) is 2.76. The molecular weight excluding hydrogens is 379 g/mol. The molecule has 0 bridgehead atoms. The number of aliphatic imine (C=N–C) groups is 1. The molecule has 2 rings (SSSR count). The molecule has 0 unspecified atom stereocenters. The first kappa shape index (κ1) is 18.2. The van der Waals surface area contributed by atoms with Crippen LogP contribution in [0.1, 0.15) is 38.3 Å². The van der Waals surface area contributed by atoms with Crippen LogP contribution in [0.4, 0.5) is 0 Å². The minimum Gasteiger partial charge on any atom is -0.357 e. The number of halogens is 1. The third-order valence-corrected chi connectivity index (χ3v) is 3.97. The summed E-state index contributed by atoms with van der Waals surface area (Å²) in [7, 11) is 1.98. The minimum atomic E-state index is 0. The molecule has 1 N–H and O–H groups in total. The fraction of sp³-hybridized carbons (Fsp3) is 0.786. The summed E-state index contributed by atoms with van der Waals surface area (Å²) in [6, 6.07) is 0. The molecule has 120 valence electrons. The van der Waals surface area contributed by atoms with E-state index in [9.17, 15) is 0 Å². The van der Waals surface area contributed by atoms with Crippen LogP contribution in [0, 0.1) is 12.8 Å². The van der Waals surface area contributed by atoms with Gasteiger partial charge in [-0.05, 0) is 32.6 Å². The van der Waals surface area contributed by atoms with E-state index in [0.717, 1.165) is 43.2 Å². The monoisotopic (exact) mass is 406 g/mol. The molecule has 0 spiro atoms. The second kappa shape index (κ2) is 8.55. The fourth-order valence-corrected chi connectivity index (χ4v) is 2.38. The number of likely N-dealkylation sites (tertiary alicyclic amines) is 1. The number of guanidine groups is 1. The average molecular weight is 406 g/mol. The number of hydrogen-bond donors (Lipinski definition) is 1. The van der Waals surface area contributed by atoms with Crippen molar-refractivity contribution in [1.82, 2.24) is 25.0 Å². The minimum absolute atomic E-state index is 0. The van der Waals surface area contributed by atoms with Crippen LogP contribution in [0.3, 0.4) is 0 Å². The molecule has 7 heteroatoms. The summed E-state index contributed by atoms with van der Waals surface area (Å²) in [5.74, 6) is 3.66. The molecular formula is C14H27IN6. The summed E-state index contributed by atoms with van der Waals surface area (Å²) >= 11 is 0. The molecule has 0 aromatic carbocycles. The van der Waals surface area contributed by atoms with Gasteiger partial charge in [0.2, 0.25) is 0 Å². The van der Waals surface area contributed by atoms with Gasteiger partial charge in [0.1, 0.15) is 12.4 Å². The highest BCUT2D eigenvalue weighted by Gasteiger charge is 2.18. The van der Waals surface area contributed by atoms with Crippen LogP contribution in [0.5, 0.6) is 0 Å². The highest BCUT2D eigenvalue weighted by molar-refractivity contribution is 14.0. The standard InChI is InChI=1S/C14H26N6.HI/c1-5-15-14(20-8-6-11(2)7-9-20)16-10-13-18-17-12(3)19(13)4;/h11H,5-10H2,1-4H3,(H,15,16);1H. The molecule has 1 fully saturated rings. The van der Waals surface area contributed by atoms with Crippen LogP contribution in [0.15, 0.2) is 4.99 Å². The van der Waals surface area contributed by atoms with Gasteiger partial charge in [0, 0.05) is 26.7 Å². The van der Waals surface area contributed by atoms with Crippen molar-refractivity contribution in [2.75, 3.05) is 19.6 Å². The molecule has 1 aromatic rings. The van der Waals surface area contributed by atoms with Gasteiger partial charge in [-0.2, -0.15) is 0 Å². The van der Waals surface area contributed by atoms with Crippen molar-refractivity contribution < 1.29 is 0 Å². The summed E-state index contributed by atoms with van der Waals surface area (Å²) in [6.45, 7) is 10.0. The second-order valence-electron chi connectivity index (χ2n) is 5.56. The maximum atomic E-state index is 4.71. The summed E-state index contributed by atoms with van der Waals surface area (Å²) in [5.41, 5.74) is 0. The lowest BCUT2D eigenvalue weighted by atomic mass is 10.00. The van der Waals surface area contributed by atoms with E-state index in [0.29, 0.717) is 6.54 Å². The number of nitrogens with one attached hydrogen (secondary N) is 1. The molecule has 1 saturated heterocycles. The maximum Gasteiger partial charge on any atom is 0.194 e. The van der Waals surface area contributed by atoms with E-state index in [2.05, 4.69) is 34.3 Å². The van der Waals surface area contributed by atoms with Crippen molar-refractivity contribution in [3.8, 4) is 0 Å². The van der Waals surface area contributed by atoms with Gasteiger partial charge in [-0.1, -0.05) is 6.92 Å². The van der Waals surface area contributed by atoms with E-state index >= 15 is 0 Å². The molecule has 1 aromatic heterocycles. The van der Waals surface area contributed by atoms with Crippen LogP contribution in [-0.4, -0.2) is 45.3 Å². The van der Waals surface area contributed by atoms with Crippen LogP contribution >= 0.6 is 24.0 Å². The predicted octanol–water partition coefficient (Wildman–Crippen LogP) is 1.94. The third kappa shape index (κ3) is 4.82. The fourth-order valence-electron chi connectivity index (χ4n) is 2.38. The van der Waals surface area contributed by atoms with E-state index in [1.54, 1.807) is 0 Å².